The van der Waals surface area contributed by atoms with Crippen molar-refractivity contribution in [3.05, 3.63) is 0 Å². The number of rotatable bonds is 17. The van der Waals surface area contributed by atoms with Gasteiger partial charge in [-0.15, -0.1) is 0 Å². The van der Waals surface area contributed by atoms with Crippen LogP contribution in [0.2, 0.25) is 0 Å². The summed E-state index contributed by atoms with van der Waals surface area (Å²) in [5, 5.41) is 20.9. The average Bonchev–Trinajstić information content (AvgIpc) is 2.65. The van der Waals surface area contributed by atoms with E-state index in [1.54, 1.807) is 6.92 Å². The SMILES string of the molecule is CCCCCCC(=O)NC(COP(=O)(O)OCC(O)COC(=O)CCC)C(=O)O. The molecule has 0 aromatic carbocycles. The molecule has 0 spiro atoms. The number of phosphoric ester groups is 1. The lowest BCUT2D eigenvalue weighted by molar-refractivity contribution is -0.147. The summed E-state index contributed by atoms with van der Waals surface area (Å²) in [4.78, 5) is 43.7. The van der Waals surface area contributed by atoms with Crippen LogP contribution in [0.15, 0.2) is 0 Å². The maximum atomic E-state index is 11.8. The van der Waals surface area contributed by atoms with Crippen molar-refractivity contribution in [1.82, 2.24) is 5.32 Å². The second-order valence-electron chi connectivity index (χ2n) is 6.42. The number of aliphatic carboxylic acids is 1. The molecule has 0 aromatic heterocycles. The lowest BCUT2D eigenvalue weighted by Gasteiger charge is -2.18. The standard InChI is InChI=1S/C17H32NO10P/c1-3-5-6-7-9-15(20)18-14(17(22)23)12-28-29(24,25)27-11-13(19)10-26-16(21)8-4-2/h13-14,19H,3-12H2,1-2H3,(H,18,20)(H,22,23)(H,24,25). The van der Waals surface area contributed by atoms with Crippen molar-refractivity contribution >= 4 is 25.7 Å². The van der Waals surface area contributed by atoms with Gasteiger partial charge in [-0.3, -0.25) is 18.6 Å². The quantitative estimate of drug-likeness (QED) is 0.147. The van der Waals surface area contributed by atoms with Crippen LogP contribution in [0.25, 0.3) is 0 Å². The van der Waals surface area contributed by atoms with Crippen LogP contribution < -0.4 is 5.32 Å². The van der Waals surface area contributed by atoms with Gasteiger partial charge in [0.25, 0.3) is 0 Å². The topological polar surface area (TPSA) is 169 Å². The molecular weight excluding hydrogens is 409 g/mol. The van der Waals surface area contributed by atoms with Crippen LogP contribution in [0.3, 0.4) is 0 Å². The Kier molecular flexibility index (Phi) is 14.5. The van der Waals surface area contributed by atoms with Gasteiger partial charge in [-0.25, -0.2) is 9.36 Å². The highest BCUT2D eigenvalue weighted by Gasteiger charge is 2.28. The predicted octanol–water partition coefficient (Wildman–Crippen LogP) is 1.36. The average molecular weight is 441 g/mol. The minimum Gasteiger partial charge on any atom is -0.480 e. The molecule has 0 aliphatic carbocycles. The van der Waals surface area contributed by atoms with E-state index in [9.17, 15) is 28.9 Å². The summed E-state index contributed by atoms with van der Waals surface area (Å²) in [5.41, 5.74) is 0. The summed E-state index contributed by atoms with van der Waals surface area (Å²) in [6, 6.07) is -1.53. The van der Waals surface area contributed by atoms with Crippen molar-refractivity contribution in [2.45, 2.75) is 70.9 Å². The number of carboxylic acid groups (broad SMARTS) is 1. The number of carbonyl (C=O) groups is 3. The Hall–Kier alpha value is -1.52. The van der Waals surface area contributed by atoms with Gasteiger partial charge in [0.05, 0.1) is 13.2 Å². The first kappa shape index (κ1) is 27.5. The van der Waals surface area contributed by atoms with Crippen molar-refractivity contribution in [3.63, 3.8) is 0 Å². The zero-order valence-electron chi connectivity index (χ0n) is 16.9. The van der Waals surface area contributed by atoms with Crippen molar-refractivity contribution in [3.8, 4) is 0 Å². The van der Waals surface area contributed by atoms with E-state index in [1.807, 2.05) is 6.92 Å². The van der Waals surface area contributed by atoms with Gasteiger partial charge in [-0.1, -0.05) is 33.1 Å². The fourth-order valence-electron chi connectivity index (χ4n) is 2.05. The first-order valence-electron chi connectivity index (χ1n) is 9.59. The molecular formula is C17H32NO10P. The molecule has 0 radical (unpaired) electrons. The zero-order chi connectivity index (χ0) is 22.3. The minimum absolute atomic E-state index is 0.139. The molecule has 0 rings (SSSR count). The smallest absolute Gasteiger partial charge is 0.472 e. The van der Waals surface area contributed by atoms with Crippen LogP contribution in [0.4, 0.5) is 0 Å². The van der Waals surface area contributed by atoms with Crippen molar-refractivity contribution < 1.29 is 47.8 Å². The maximum absolute atomic E-state index is 11.8. The number of unbranched alkanes of at least 4 members (excludes halogenated alkanes) is 3. The van der Waals surface area contributed by atoms with E-state index in [1.165, 1.54) is 0 Å². The fourth-order valence-corrected chi connectivity index (χ4v) is 2.83. The largest absolute Gasteiger partial charge is 0.480 e. The molecule has 0 heterocycles. The number of phosphoric acid groups is 1. The van der Waals surface area contributed by atoms with Gasteiger partial charge in [0.2, 0.25) is 5.91 Å². The van der Waals surface area contributed by atoms with Gasteiger partial charge in [0.15, 0.2) is 6.04 Å². The zero-order valence-corrected chi connectivity index (χ0v) is 17.8. The number of carbonyl (C=O) groups excluding carboxylic acids is 2. The van der Waals surface area contributed by atoms with Crippen LogP contribution in [0.5, 0.6) is 0 Å². The Morgan fingerprint density at radius 3 is 2.21 bits per heavy atom. The van der Waals surface area contributed by atoms with Crippen molar-refractivity contribution in [2.24, 2.45) is 0 Å². The van der Waals surface area contributed by atoms with E-state index < -0.39 is 57.6 Å². The van der Waals surface area contributed by atoms with E-state index in [4.69, 9.17) is 9.84 Å². The summed E-state index contributed by atoms with van der Waals surface area (Å²) in [5.74, 6) is -2.46. The summed E-state index contributed by atoms with van der Waals surface area (Å²) in [7, 11) is -4.69. The number of carboxylic acids is 1. The third-order valence-corrected chi connectivity index (χ3v) is 4.57. The number of esters is 1. The summed E-state index contributed by atoms with van der Waals surface area (Å²) < 4.78 is 25.7. The van der Waals surface area contributed by atoms with Gasteiger partial charge in [-0.05, 0) is 12.8 Å². The number of aliphatic hydroxyl groups excluding tert-OH is 1. The highest BCUT2D eigenvalue weighted by molar-refractivity contribution is 7.47. The van der Waals surface area contributed by atoms with Gasteiger partial charge < -0.3 is 25.2 Å². The van der Waals surface area contributed by atoms with Crippen LogP contribution in [-0.4, -0.2) is 64.9 Å². The predicted molar refractivity (Wildman–Crippen MR) is 102 cm³/mol. The van der Waals surface area contributed by atoms with E-state index in [0.717, 1.165) is 19.3 Å². The summed E-state index contributed by atoms with van der Waals surface area (Å²) >= 11 is 0. The molecule has 0 bridgehead atoms. The normalized spacial score (nSPS) is 15.2. The van der Waals surface area contributed by atoms with Gasteiger partial charge >= 0.3 is 19.8 Å². The van der Waals surface area contributed by atoms with Crippen molar-refractivity contribution in [1.29, 1.82) is 0 Å². The molecule has 0 saturated heterocycles. The Morgan fingerprint density at radius 2 is 1.62 bits per heavy atom. The Bertz CT molecular complexity index is 556. The van der Waals surface area contributed by atoms with Crippen LogP contribution >= 0.6 is 7.82 Å². The number of hydrogen-bond acceptors (Lipinski definition) is 8. The molecule has 3 atom stereocenters. The van der Waals surface area contributed by atoms with Crippen LogP contribution in [-0.2, 0) is 32.7 Å². The second kappa shape index (κ2) is 15.3. The Morgan fingerprint density at radius 1 is 0.966 bits per heavy atom. The monoisotopic (exact) mass is 441 g/mol. The third-order valence-electron chi connectivity index (χ3n) is 3.62. The number of aliphatic hydroxyl groups is 1. The molecule has 12 heteroatoms. The molecule has 4 N–H and O–H groups in total. The molecule has 3 unspecified atom stereocenters. The highest BCUT2D eigenvalue weighted by atomic mass is 31.2. The molecule has 0 fully saturated rings. The Balaban J connectivity index is 4.32. The fraction of sp³-hybridized carbons (Fsp3) is 0.824. The van der Waals surface area contributed by atoms with Crippen molar-refractivity contribution in [2.75, 3.05) is 19.8 Å². The molecule has 0 aliphatic heterocycles. The van der Waals surface area contributed by atoms with Gasteiger partial charge in [-0.2, -0.15) is 0 Å². The lowest BCUT2D eigenvalue weighted by Crippen LogP contribution is -2.43. The minimum atomic E-state index is -4.69. The number of nitrogens with one attached hydrogen (secondary N) is 1. The number of hydrogen-bond donors (Lipinski definition) is 4. The Labute approximate surface area is 170 Å². The molecule has 11 nitrogen and oxygen atoms in total. The van der Waals surface area contributed by atoms with Gasteiger partial charge in [0, 0.05) is 12.8 Å². The number of amides is 1. The molecule has 0 saturated carbocycles. The molecule has 170 valence electrons. The first-order chi connectivity index (χ1) is 13.6. The molecule has 1 amide bonds. The van der Waals surface area contributed by atoms with Crippen LogP contribution in [0, 0.1) is 0 Å². The summed E-state index contributed by atoms with van der Waals surface area (Å²) in [6.07, 6.45) is 2.94. The third kappa shape index (κ3) is 15.0. The lowest BCUT2D eigenvalue weighted by atomic mass is 10.1. The number of ether oxygens (including phenoxy) is 1. The molecule has 0 aromatic rings. The summed E-state index contributed by atoms with van der Waals surface area (Å²) in [6.45, 7) is 1.90. The van der Waals surface area contributed by atoms with E-state index in [2.05, 4.69) is 14.4 Å². The molecule has 0 aliphatic rings. The van der Waals surface area contributed by atoms with Gasteiger partial charge in [0.1, 0.15) is 12.7 Å². The second-order valence-corrected chi connectivity index (χ2v) is 7.87. The molecule has 29 heavy (non-hydrogen) atoms. The van der Waals surface area contributed by atoms with E-state index >= 15 is 0 Å². The first-order valence-corrected chi connectivity index (χ1v) is 11.1. The van der Waals surface area contributed by atoms with E-state index in [0.29, 0.717) is 12.8 Å². The maximum Gasteiger partial charge on any atom is 0.472 e. The van der Waals surface area contributed by atoms with Crippen LogP contribution in [0.1, 0.15) is 58.8 Å². The van der Waals surface area contributed by atoms with E-state index in [-0.39, 0.29) is 12.8 Å². The highest BCUT2D eigenvalue weighted by Crippen LogP contribution is 2.43.